The monoisotopic (exact) mass is 350 g/mol. The van der Waals surface area contributed by atoms with Gasteiger partial charge in [0.15, 0.2) is 6.10 Å². The SMILES string of the molecule is COC(=O)c1cc(C)cc2oc(CC[C@@H](O)C(=O)OC)c(O)c(=O)c12. The number of aliphatic hydroxyl groups is 1. The molecule has 1 atom stereocenters. The van der Waals surface area contributed by atoms with Gasteiger partial charge in [-0.1, -0.05) is 0 Å². The second kappa shape index (κ2) is 7.35. The third kappa shape index (κ3) is 3.63. The van der Waals surface area contributed by atoms with Crippen molar-refractivity contribution < 1.29 is 33.7 Å². The molecule has 2 N–H and O–H groups in total. The third-order valence-electron chi connectivity index (χ3n) is 3.71. The fraction of sp³-hybridized carbons (Fsp3) is 0.353. The van der Waals surface area contributed by atoms with Crippen LogP contribution >= 0.6 is 0 Å². The van der Waals surface area contributed by atoms with Gasteiger partial charge in [-0.2, -0.15) is 0 Å². The van der Waals surface area contributed by atoms with Gasteiger partial charge < -0.3 is 24.1 Å². The highest BCUT2D eigenvalue weighted by Crippen LogP contribution is 2.26. The zero-order valence-corrected chi connectivity index (χ0v) is 14.0. The van der Waals surface area contributed by atoms with Crippen LogP contribution in [0.3, 0.4) is 0 Å². The number of hydrogen-bond acceptors (Lipinski definition) is 8. The van der Waals surface area contributed by atoms with Crippen LogP contribution in [0.4, 0.5) is 0 Å². The molecule has 0 unspecified atom stereocenters. The third-order valence-corrected chi connectivity index (χ3v) is 3.71. The lowest BCUT2D eigenvalue weighted by Gasteiger charge is -2.11. The number of rotatable bonds is 5. The molecule has 1 heterocycles. The molecule has 0 aliphatic heterocycles. The molecule has 8 heteroatoms. The van der Waals surface area contributed by atoms with E-state index >= 15 is 0 Å². The van der Waals surface area contributed by atoms with E-state index in [2.05, 4.69) is 9.47 Å². The van der Waals surface area contributed by atoms with E-state index in [1.165, 1.54) is 13.2 Å². The summed E-state index contributed by atoms with van der Waals surface area (Å²) >= 11 is 0. The molecule has 0 fully saturated rings. The number of fused-ring (bicyclic) bond motifs is 1. The van der Waals surface area contributed by atoms with Gasteiger partial charge in [0, 0.05) is 6.42 Å². The highest BCUT2D eigenvalue weighted by molar-refractivity contribution is 6.03. The average molecular weight is 350 g/mol. The molecule has 0 spiro atoms. The lowest BCUT2D eigenvalue weighted by molar-refractivity contribution is -0.150. The molecule has 25 heavy (non-hydrogen) atoms. The Morgan fingerprint density at radius 3 is 2.52 bits per heavy atom. The summed E-state index contributed by atoms with van der Waals surface area (Å²) in [6, 6.07) is 3.01. The molecule has 8 nitrogen and oxygen atoms in total. The number of aromatic hydroxyl groups is 1. The first kappa shape index (κ1) is 18.5. The molecule has 2 rings (SSSR count). The van der Waals surface area contributed by atoms with E-state index in [0.717, 1.165) is 7.11 Å². The molecule has 0 aliphatic carbocycles. The minimum Gasteiger partial charge on any atom is -0.502 e. The Hall–Kier alpha value is -2.87. The highest BCUT2D eigenvalue weighted by atomic mass is 16.5. The van der Waals surface area contributed by atoms with Gasteiger partial charge in [-0.05, 0) is 31.0 Å². The first-order valence-electron chi connectivity index (χ1n) is 7.43. The van der Waals surface area contributed by atoms with Crippen LogP contribution in [0.15, 0.2) is 21.3 Å². The smallest absolute Gasteiger partial charge is 0.338 e. The van der Waals surface area contributed by atoms with Crippen molar-refractivity contribution in [3.05, 3.63) is 39.2 Å². The van der Waals surface area contributed by atoms with Gasteiger partial charge in [-0.15, -0.1) is 0 Å². The van der Waals surface area contributed by atoms with E-state index in [1.807, 2.05) is 0 Å². The second-order valence-corrected chi connectivity index (χ2v) is 5.46. The maximum atomic E-state index is 12.5. The maximum absolute atomic E-state index is 12.5. The average Bonchev–Trinajstić information content (AvgIpc) is 2.60. The van der Waals surface area contributed by atoms with Crippen LogP contribution in [0, 0.1) is 6.92 Å². The minimum absolute atomic E-state index is 0.0114. The fourth-order valence-electron chi connectivity index (χ4n) is 2.46. The summed E-state index contributed by atoms with van der Waals surface area (Å²) in [6.07, 6.45) is -1.59. The highest BCUT2D eigenvalue weighted by Gasteiger charge is 2.22. The number of ether oxygens (including phenoxy) is 2. The van der Waals surface area contributed by atoms with Crippen LogP contribution in [0.5, 0.6) is 5.75 Å². The number of hydrogen-bond donors (Lipinski definition) is 2. The van der Waals surface area contributed by atoms with Crippen LogP contribution in [-0.4, -0.2) is 42.5 Å². The fourth-order valence-corrected chi connectivity index (χ4v) is 2.46. The summed E-state index contributed by atoms with van der Waals surface area (Å²) in [7, 11) is 2.32. The zero-order chi connectivity index (χ0) is 18.7. The molecule has 0 aliphatic rings. The summed E-state index contributed by atoms with van der Waals surface area (Å²) in [5.74, 6) is -2.33. The number of methoxy groups -OCH3 is 2. The first-order valence-corrected chi connectivity index (χ1v) is 7.43. The van der Waals surface area contributed by atoms with Gasteiger partial charge in [-0.25, -0.2) is 9.59 Å². The van der Waals surface area contributed by atoms with Gasteiger partial charge in [0.2, 0.25) is 11.2 Å². The molecular weight excluding hydrogens is 332 g/mol. The van der Waals surface area contributed by atoms with E-state index in [-0.39, 0.29) is 35.1 Å². The molecule has 0 saturated heterocycles. The molecule has 0 bridgehead atoms. The zero-order valence-electron chi connectivity index (χ0n) is 14.0. The van der Waals surface area contributed by atoms with Crippen molar-refractivity contribution in [1.29, 1.82) is 0 Å². The van der Waals surface area contributed by atoms with Crippen LogP contribution in [0.1, 0.15) is 28.1 Å². The number of carbonyl (C=O) groups is 2. The van der Waals surface area contributed by atoms with Gasteiger partial charge in [-0.3, -0.25) is 4.79 Å². The van der Waals surface area contributed by atoms with E-state index in [0.29, 0.717) is 5.56 Å². The standard InChI is InChI=1S/C17H18O8/c1-8-6-9(16(21)23-2)13-12(7-8)25-11(14(19)15(13)20)5-4-10(18)17(22)24-3/h6-7,10,18-19H,4-5H2,1-3H3/t10-/m1/s1. The summed E-state index contributed by atoms with van der Waals surface area (Å²) < 4.78 is 14.6. The summed E-state index contributed by atoms with van der Waals surface area (Å²) in [5.41, 5.74) is -0.0417. The number of aryl methyl sites for hydroxylation is 2. The van der Waals surface area contributed by atoms with E-state index in [4.69, 9.17) is 4.42 Å². The van der Waals surface area contributed by atoms with Crippen molar-refractivity contribution in [2.75, 3.05) is 14.2 Å². The summed E-state index contributed by atoms with van der Waals surface area (Å²) in [6.45, 7) is 1.71. The molecule has 0 amide bonds. The Labute approximate surface area is 142 Å². The van der Waals surface area contributed by atoms with E-state index in [1.54, 1.807) is 13.0 Å². The molecular formula is C17H18O8. The number of aliphatic hydroxyl groups excluding tert-OH is 1. The number of benzene rings is 1. The number of carbonyl (C=O) groups excluding carboxylic acids is 2. The van der Waals surface area contributed by atoms with Crippen molar-refractivity contribution >= 4 is 22.9 Å². The quantitative estimate of drug-likeness (QED) is 0.767. The minimum atomic E-state index is -1.41. The molecule has 134 valence electrons. The first-order chi connectivity index (χ1) is 11.8. The predicted octanol–water partition coefficient (Wildman–Crippen LogP) is 1.06. The lowest BCUT2D eigenvalue weighted by atomic mass is 10.0. The van der Waals surface area contributed by atoms with Crippen molar-refractivity contribution in [3.8, 4) is 5.75 Å². The van der Waals surface area contributed by atoms with Gasteiger partial charge in [0.1, 0.15) is 11.3 Å². The molecule has 2 aromatic rings. The van der Waals surface area contributed by atoms with Crippen molar-refractivity contribution in [1.82, 2.24) is 0 Å². The Kier molecular flexibility index (Phi) is 5.43. The molecule has 0 radical (unpaired) electrons. The van der Waals surface area contributed by atoms with Crippen molar-refractivity contribution in [2.45, 2.75) is 25.9 Å². The maximum Gasteiger partial charge on any atom is 0.338 e. The van der Waals surface area contributed by atoms with Crippen LogP contribution in [-0.2, 0) is 20.7 Å². The molecule has 1 aromatic heterocycles. The Morgan fingerprint density at radius 1 is 1.24 bits per heavy atom. The normalized spacial score (nSPS) is 12.0. The Morgan fingerprint density at radius 2 is 1.92 bits per heavy atom. The van der Waals surface area contributed by atoms with Crippen molar-refractivity contribution in [3.63, 3.8) is 0 Å². The lowest BCUT2D eigenvalue weighted by Crippen LogP contribution is -2.22. The predicted molar refractivity (Wildman–Crippen MR) is 86.6 cm³/mol. The van der Waals surface area contributed by atoms with Crippen LogP contribution < -0.4 is 5.43 Å². The molecule has 1 aromatic carbocycles. The summed E-state index contributed by atoms with van der Waals surface area (Å²) in [5, 5.41) is 19.6. The van der Waals surface area contributed by atoms with E-state index in [9.17, 15) is 24.6 Å². The molecule has 0 saturated carbocycles. The summed E-state index contributed by atoms with van der Waals surface area (Å²) in [4.78, 5) is 35.6. The second-order valence-electron chi connectivity index (χ2n) is 5.46. The topological polar surface area (TPSA) is 123 Å². The number of esters is 2. The Balaban J connectivity index is 2.52. The van der Waals surface area contributed by atoms with Crippen LogP contribution in [0.2, 0.25) is 0 Å². The largest absolute Gasteiger partial charge is 0.502 e. The van der Waals surface area contributed by atoms with Crippen LogP contribution in [0.25, 0.3) is 11.0 Å². The van der Waals surface area contributed by atoms with Gasteiger partial charge in [0.05, 0.1) is 25.2 Å². The van der Waals surface area contributed by atoms with Gasteiger partial charge in [0.25, 0.3) is 0 Å². The van der Waals surface area contributed by atoms with Gasteiger partial charge >= 0.3 is 11.9 Å². The van der Waals surface area contributed by atoms with E-state index < -0.39 is 29.2 Å². The Bertz CT molecular complexity index is 880. The van der Waals surface area contributed by atoms with Crippen molar-refractivity contribution in [2.24, 2.45) is 0 Å².